The first-order valence-corrected chi connectivity index (χ1v) is 7.98. The minimum atomic E-state index is -0.399. The number of thioether (sulfide) groups is 1. The van der Waals surface area contributed by atoms with Crippen LogP contribution in [0.1, 0.15) is 38.7 Å². The van der Waals surface area contributed by atoms with Crippen LogP contribution in [0.2, 0.25) is 5.15 Å². The maximum absolute atomic E-state index is 12.4. The second-order valence-electron chi connectivity index (χ2n) is 5.27. The van der Waals surface area contributed by atoms with Crippen LogP contribution in [-0.4, -0.2) is 20.1 Å². The molecule has 1 aromatic rings. The standard InChI is InChI=1S/C13H19ClN2O2S/c1-3-5-9-10(14)15-12(18)16(11(9)17)8-13(2)6-4-7-19-13/h3-8H2,1-2H3,(H,15,18). The van der Waals surface area contributed by atoms with E-state index in [1.54, 1.807) is 0 Å². The zero-order valence-electron chi connectivity index (χ0n) is 11.3. The molecule has 1 unspecified atom stereocenters. The van der Waals surface area contributed by atoms with Gasteiger partial charge in [-0.15, -0.1) is 0 Å². The molecule has 0 radical (unpaired) electrons. The quantitative estimate of drug-likeness (QED) is 0.869. The fraction of sp³-hybridized carbons (Fsp3) is 0.692. The number of aromatic amines is 1. The van der Waals surface area contributed by atoms with E-state index < -0.39 is 5.69 Å². The molecule has 1 aliphatic heterocycles. The largest absolute Gasteiger partial charge is 0.329 e. The van der Waals surface area contributed by atoms with E-state index in [2.05, 4.69) is 11.9 Å². The van der Waals surface area contributed by atoms with E-state index in [0.717, 1.165) is 25.0 Å². The van der Waals surface area contributed by atoms with Gasteiger partial charge in [0.1, 0.15) is 5.15 Å². The SMILES string of the molecule is CCCc1c(Cl)[nH]c(=O)n(CC2(C)CCCS2)c1=O. The zero-order valence-corrected chi connectivity index (χ0v) is 12.9. The average molecular weight is 303 g/mol. The summed E-state index contributed by atoms with van der Waals surface area (Å²) in [5, 5.41) is 0.192. The van der Waals surface area contributed by atoms with Crippen LogP contribution >= 0.6 is 23.4 Å². The lowest BCUT2D eigenvalue weighted by atomic mass is 10.1. The van der Waals surface area contributed by atoms with Gasteiger partial charge in [0, 0.05) is 11.3 Å². The number of nitrogens with one attached hydrogen (secondary N) is 1. The molecule has 1 atom stereocenters. The molecule has 4 nitrogen and oxygen atoms in total. The third kappa shape index (κ3) is 3.08. The summed E-state index contributed by atoms with van der Waals surface area (Å²) in [5.74, 6) is 1.10. The molecule has 1 saturated heterocycles. The average Bonchev–Trinajstić information content (AvgIpc) is 2.77. The van der Waals surface area contributed by atoms with E-state index in [1.807, 2.05) is 18.7 Å². The van der Waals surface area contributed by atoms with E-state index in [1.165, 1.54) is 4.57 Å². The first-order valence-electron chi connectivity index (χ1n) is 6.62. The highest BCUT2D eigenvalue weighted by molar-refractivity contribution is 8.00. The fourth-order valence-corrected chi connectivity index (χ4v) is 4.04. The number of halogens is 1. The Hall–Kier alpha value is -0.680. The van der Waals surface area contributed by atoms with Gasteiger partial charge in [-0.2, -0.15) is 11.8 Å². The van der Waals surface area contributed by atoms with E-state index in [9.17, 15) is 9.59 Å². The predicted octanol–water partition coefficient (Wildman–Crippen LogP) is 2.43. The first kappa shape index (κ1) is 14.7. The van der Waals surface area contributed by atoms with E-state index in [0.29, 0.717) is 18.5 Å². The Morgan fingerprint density at radius 3 is 2.79 bits per heavy atom. The molecule has 106 valence electrons. The molecule has 1 fully saturated rings. The zero-order chi connectivity index (χ0) is 14.0. The Labute approximate surface area is 121 Å². The minimum absolute atomic E-state index is 0.0197. The third-order valence-electron chi connectivity index (χ3n) is 3.52. The predicted molar refractivity (Wildman–Crippen MR) is 80.4 cm³/mol. The second-order valence-corrected chi connectivity index (χ2v) is 7.33. The normalized spacial score (nSPS) is 22.9. The summed E-state index contributed by atoms with van der Waals surface area (Å²) in [6.07, 6.45) is 3.60. The Morgan fingerprint density at radius 1 is 1.47 bits per heavy atom. The number of aromatic nitrogens is 2. The van der Waals surface area contributed by atoms with Crippen LogP contribution in [0.25, 0.3) is 0 Å². The number of H-pyrrole nitrogens is 1. The van der Waals surface area contributed by atoms with Crippen molar-refractivity contribution < 1.29 is 0 Å². The Morgan fingerprint density at radius 2 is 2.21 bits per heavy atom. The summed E-state index contributed by atoms with van der Waals surface area (Å²) in [6.45, 7) is 4.56. The molecule has 6 heteroatoms. The number of hydrogen-bond acceptors (Lipinski definition) is 3. The molecule has 1 N–H and O–H groups in total. The molecule has 0 aliphatic carbocycles. The van der Waals surface area contributed by atoms with Crippen molar-refractivity contribution in [1.29, 1.82) is 0 Å². The van der Waals surface area contributed by atoms with Gasteiger partial charge >= 0.3 is 5.69 Å². The van der Waals surface area contributed by atoms with Crippen molar-refractivity contribution in [3.63, 3.8) is 0 Å². The summed E-state index contributed by atoms with van der Waals surface area (Å²) in [7, 11) is 0. The van der Waals surface area contributed by atoms with Crippen molar-refractivity contribution >= 4 is 23.4 Å². The van der Waals surface area contributed by atoms with Gasteiger partial charge in [-0.05, 0) is 31.9 Å². The molecule has 1 aliphatic rings. The summed E-state index contributed by atoms with van der Waals surface area (Å²) >= 11 is 7.80. The van der Waals surface area contributed by atoms with E-state index in [-0.39, 0.29) is 15.5 Å². The van der Waals surface area contributed by atoms with Crippen molar-refractivity contribution in [3.8, 4) is 0 Å². The molecule has 0 bridgehead atoms. The molecular formula is C13H19ClN2O2S. The molecule has 0 saturated carbocycles. The van der Waals surface area contributed by atoms with Gasteiger partial charge < -0.3 is 0 Å². The van der Waals surface area contributed by atoms with Crippen LogP contribution in [0.5, 0.6) is 0 Å². The number of nitrogens with zero attached hydrogens (tertiary/aromatic N) is 1. The number of hydrogen-bond donors (Lipinski definition) is 1. The van der Waals surface area contributed by atoms with Crippen molar-refractivity contribution in [1.82, 2.24) is 9.55 Å². The van der Waals surface area contributed by atoms with Crippen molar-refractivity contribution in [2.45, 2.75) is 50.8 Å². The van der Waals surface area contributed by atoms with E-state index in [4.69, 9.17) is 11.6 Å². The van der Waals surface area contributed by atoms with Gasteiger partial charge in [-0.1, -0.05) is 24.9 Å². The molecule has 0 spiro atoms. The molecule has 2 rings (SSSR count). The minimum Gasteiger partial charge on any atom is -0.297 e. The second kappa shape index (κ2) is 5.75. The van der Waals surface area contributed by atoms with Crippen molar-refractivity contribution in [2.75, 3.05) is 5.75 Å². The summed E-state index contributed by atoms with van der Waals surface area (Å²) < 4.78 is 1.29. The molecule has 1 aromatic heterocycles. The van der Waals surface area contributed by atoms with Gasteiger partial charge in [-0.3, -0.25) is 14.3 Å². The lowest BCUT2D eigenvalue weighted by Gasteiger charge is -2.23. The Kier molecular flexibility index (Phi) is 4.46. The van der Waals surface area contributed by atoms with Gasteiger partial charge in [0.2, 0.25) is 0 Å². The van der Waals surface area contributed by atoms with Crippen LogP contribution in [0, 0.1) is 0 Å². The van der Waals surface area contributed by atoms with E-state index >= 15 is 0 Å². The van der Waals surface area contributed by atoms with Gasteiger partial charge in [0.15, 0.2) is 0 Å². The van der Waals surface area contributed by atoms with Gasteiger partial charge in [0.25, 0.3) is 5.56 Å². The molecule has 0 amide bonds. The van der Waals surface area contributed by atoms with Crippen molar-refractivity contribution in [3.05, 3.63) is 31.6 Å². The topological polar surface area (TPSA) is 54.9 Å². The van der Waals surface area contributed by atoms with Crippen molar-refractivity contribution in [2.24, 2.45) is 0 Å². The lowest BCUT2D eigenvalue weighted by Crippen LogP contribution is -2.42. The van der Waals surface area contributed by atoms with Crippen LogP contribution in [-0.2, 0) is 13.0 Å². The van der Waals surface area contributed by atoms with Crippen LogP contribution in [0.3, 0.4) is 0 Å². The smallest absolute Gasteiger partial charge is 0.297 e. The monoisotopic (exact) mass is 302 g/mol. The van der Waals surface area contributed by atoms with Crippen LogP contribution in [0.4, 0.5) is 0 Å². The Bertz CT molecular complexity index is 573. The van der Waals surface area contributed by atoms with Gasteiger partial charge in [0.05, 0.1) is 5.56 Å². The van der Waals surface area contributed by atoms with Crippen LogP contribution < -0.4 is 11.2 Å². The maximum Gasteiger partial charge on any atom is 0.329 e. The number of rotatable bonds is 4. The highest BCUT2D eigenvalue weighted by Gasteiger charge is 2.31. The summed E-state index contributed by atoms with van der Waals surface area (Å²) in [4.78, 5) is 26.9. The van der Waals surface area contributed by atoms with Gasteiger partial charge in [-0.25, -0.2) is 4.79 Å². The lowest BCUT2D eigenvalue weighted by molar-refractivity contribution is 0.482. The van der Waals surface area contributed by atoms with Crippen LogP contribution in [0.15, 0.2) is 9.59 Å². The third-order valence-corrected chi connectivity index (χ3v) is 5.37. The summed E-state index contributed by atoms with van der Waals surface area (Å²) in [6, 6.07) is 0. The fourth-order valence-electron chi connectivity index (χ4n) is 2.49. The molecule has 0 aromatic carbocycles. The summed E-state index contributed by atoms with van der Waals surface area (Å²) in [5.41, 5.74) is -0.108. The highest BCUT2D eigenvalue weighted by Crippen LogP contribution is 2.38. The first-order chi connectivity index (χ1) is 8.97. The Balaban J connectivity index is 2.42. The molecule has 19 heavy (non-hydrogen) atoms. The molecular weight excluding hydrogens is 284 g/mol. The highest BCUT2D eigenvalue weighted by atomic mass is 35.5. The maximum atomic E-state index is 12.4. The molecule has 2 heterocycles.